The lowest BCUT2D eigenvalue weighted by Crippen LogP contribution is -2.37. The number of aromatic nitrogens is 2. The Morgan fingerprint density at radius 2 is 1.89 bits per heavy atom. The highest BCUT2D eigenvalue weighted by molar-refractivity contribution is 7.89. The summed E-state index contributed by atoms with van der Waals surface area (Å²) in [6.45, 7) is 6.16. The third-order valence-electron chi connectivity index (χ3n) is 2.48. The van der Waals surface area contributed by atoms with Gasteiger partial charge in [-0.1, -0.05) is 6.92 Å². The highest BCUT2D eigenvalue weighted by Crippen LogP contribution is 2.17. The summed E-state index contributed by atoms with van der Waals surface area (Å²) in [4.78, 5) is 8.00. The van der Waals surface area contributed by atoms with Gasteiger partial charge in [-0.25, -0.2) is 18.4 Å². The van der Waals surface area contributed by atoms with E-state index in [1.54, 1.807) is 7.05 Å². The number of nitrogens with zero attached hydrogens (tertiary/aromatic N) is 3. The summed E-state index contributed by atoms with van der Waals surface area (Å²) in [7, 11) is -1.83. The van der Waals surface area contributed by atoms with Crippen LogP contribution in [0.15, 0.2) is 17.3 Å². The third-order valence-corrected chi connectivity index (χ3v) is 4.51. The van der Waals surface area contributed by atoms with Crippen LogP contribution in [-0.2, 0) is 10.0 Å². The Hall–Kier alpha value is -1.21. The van der Waals surface area contributed by atoms with Crippen LogP contribution in [0.25, 0.3) is 0 Å². The molecule has 0 bridgehead atoms. The first-order valence-corrected chi connectivity index (χ1v) is 7.39. The van der Waals surface area contributed by atoms with Crippen LogP contribution in [0.4, 0.5) is 5.95 Å². The second-order valence-corrected chi connectivity index (χ2v) is 6.09. The fourth-order valence-corrected chi connectivity index (χ4v) is 3.21. The van der Waals surface area contributed by atoms with Gasteiger partial charge in [-0.15, -0.1) is 0 Å². The van der Waals surface area contributed by atoms with Gasteiger partial charge >= 0.3 is 0 Å². The summed E-state index contributed by atoms with van der Waals surface area (Å²) in [5.74, 6) is 0.403. The van der Waals surface area contributed by atoms with E-state index in [4.69, 9.17) is 0 Å². The Kier molecular flexibility index (Phi) is 5.03. The zero-order valence-electron chi connectivity index (χ0n) is 11.2. The second-order valence-electron chi connectivity index (χ2n) is 4.20. The quantitative estimate of drug-likeness (QED) is 0.845. The lowest BCUT2D eigenvalue weighted by atomic mass is 10.4. The van der Waals surface area contributed by atoms with Gasteiger partial charge in [0.05, 0.1) is 12.4 Å². The standard InChI is InChI=1S/C11H20N4O2S/c1-5-6-15(9(2)3)18(16,17)10-7-13-11(12-4)14-8-10/h7-9H,5-6H2,1-4H3,(H,12,13,14). The molecule has 0 spiro atoms. The Morgan fingerprint density at radius 1 is 1.33 bits per heavy atom. The molecular formula is C11H20N4O2S. The summed E-state index contributed by atoms with van der Waals surface area (Å²) in [6, 6.07) is -0.0843. The molecule has 0 aromatic carbocycles. The normalized spacial score (nSPS) is 12.1. The Labute approximate surface area is 108 Å². The van der Waals surface area contributed by atoms with Gasteiger partial charge < -0.3 is 5.32 Å². The minimum absolute atomic E-state index is 0.0843. The minimum Gasteiger partial charge on any atom is -0.357 e. The number of hydrogen-bond donors (Lipinski definition) is 1. The summed E-state index contributed by atoms with van der Waals surface area (Å²) in [6.07, 6.45) is 3.44. The van der Waals surface area contributed by atoms with Gasteiger partial charge in [0.2, 0.25) is 16.0 Å². The van der Waals surface area contributed by atoms with E-state index in [1.165, 1.54) is 16.7 Å². The zero-order valence-corrected chi connectivity index (χ0v) is 12.0. The average Bonchev–Trinajstić information content (AvgIpc) is 2.35. The highest BCUT2D eigenvalue weighted by atomic mass is 32.2. The number of anilines is 1. The lowest BCUT2D eigenvalue weighted by Gasteiger charge is -2.25. The van der Waals surface area contributed by atoms with Crippen LogP contribution >= 0.6 is 0 Å². The van der Waals surface area contributed by atoms with Gasteiger partial charge in [0.25, 0.3) is 0 Å². The summed E-state index contributed by atoms with van der Waals surface area (Å²) < 4.78 is 26.2. The smallest absolute Gasteiger partial charge is 0.246 e. The fourth-order valence-electron chi connectivity index (χ4n) is 1.59. The SMILES string of the molecule is CCCN(C(C)C)S(=O)(=O)c1cnc(NC)nc1. The molecule has 18 heavy (non-hydrogen) atoms. The van der Waals surface area contributed by atoms with Crippen molar-refractivity contribution in [2.24, 2.45) is 0 Å². The topological polar surface area (TPSA) is 75.2 Å². The van der Waals surface area contributed by atoms with Crippen molar-refractivity contribution in [2.75, 3.05) is 18.9 Å². The Morgan fingerprint density at radius 3 is 2.28 bits per heavy atom. The number of sulfonamides is 1. The van der Waals surface area contributed by atoms with Crippen LogP contribution < -0.4 is 5.32 Å². The molecule has 6 nitrogen and oxygen atoms in total. The van der Waals surface area contributed by atoms with Crippen LogP contribution in [0.1, 0.15) is 27.2 Å². The maximum atomic E-state index is 12.4. The van der Waals surface area contributed by atoms with E-state index < -0.39 is 10.0 Å². The molecule has 0 saturated heterocycles. The molecule has 1 aromatic rings. The molecule has 0 unspecified atom stereocenters. The second kappa shape index (κ2) is 6.10. The van der Waals surface area contributed by atoms with Crippen LogP contribution in [0.2, 0.25) is 0 Å². The number of hydrogen-bond acceptors (Lipinski definition) is 5. The fraction of sp³-hybridized carbons (Fsp3) is 0.636. The first-order chi connectivity index (χ1) is 8.43. The van der Waals surface area contributed by atoms with Crippen molar-refractivity contribution < 1.29 is 8.42 Å². The van der Waals surface area contributed by atoms with Crippen molar-refractivity contribution in [2.45, 2.75) is 38.1 Å². The number of rotatable bonds is 6. The van der Waals surface area contributed by atoms with Crippen molar-refractivity contribution >= 4 is 16.0 Å². The van der Waals surface area contributed by atoms with E-state index in [1.807, 2.05) is 20.8 Å². The van der Waals surface area contributed by atoms with E-state index in [9.17, 15) is 8.42 Å². The van der Waals surface area contributed by atoms with Crippen molar-refractivity contribution in [3.8, 4) is 0 Å². The molecule has 0 aliphatic heterocycles. The predicted octanol–water partition coefficient (Wildman–Crippen LogP) is 1.33. The molecule has 0 aliphatic carbocycles. The van der Waals surface area contributed by atoms with Gasteiger partial charge in [0.1, 0.15) is 4.90 Å². The third kappa shape index (κ3) is 3.17. The van der Waals surface area contributed by atoms with Gasteiger partial charge in [0.15, 0.2) is 0 Å². The van der Waals surface area contributed by atoms with Gasteiger partial charge in [-0.05, 0) is 20.3 Å². The monoisotopic (exact) mass is 272 g/mol. The molecule has 0 aliphatic rings. The van der Waals surface area contributed by atoms with Crippen molar-refractivity contribution in [1.82, 2.24) is 14.3 Å². The molecule has 102 valence electrons. The average molecular weight is 272 g/mol. The molecule has 1 aromatic heterocycles. The molecule has 0 radical (unpaired) electrons. The molecule has 1 heterocycles. The molecule has 1 rings (SSSR count). The van der Waals surface area contributed by atoms with Gasteiger partial charge in [-0.2, -0.15) is 4.31 Å². The van der Waals surface area contributed by atoms with E-state index in [0.717, 1.165) is 6.42 Å². The van der Waals surface area contributed by atoms with E-state index in [-0.39, 0.29) is 10.9 Å². The van der Waals surface area contributed by atoms with Crippen LogP contribution in [0, 0.1) is 0 Å². The lowest BCUT2D eigenvalue weighted by molar-refractivity contribution is 0.354. The molecule has 0 saturated carbocycles. The largest absolute Gasteiger partial charge is 0.357 e. The summed E-state index contributed by atoms with van der Waals surface area (Å²) in [5, 5.41) is 2.75. The predicted molar refractivity (Wildman–Crippen MR) is 70.9 cm³/mol. The first kappa shape index (κ1) is 14.8. The van der Waals surface area contributed by atoms with Crippen molar-refractivity contribution in [3.05, 3.63) is 12.4 Å². The molecule has 0 fully saturated rings. The van der Waals surface area contributed by atoms with Crippen molar-refractivity contribution in [1.29, 1.82) is 0 Å². The van der Waals surface area contributed by atoms with Gasteiger partial charge in [0, 0.05) is 19.6 Å². The van der Waals surface area contributed by atoms with E-state index >= 15 is 0 Å². The molecule has 1 N–H and O–H groups in total. The Balaban J connectivity index is 3.09. The maximum Gasteiger partial charge on any atom is 0.246 e. The number of nitrogens with one attached hydrogen (secondary N) is 1. The van der Waals surface area contributed by atoms with E-state index in [2.05, 4.69) is 15.3 Å². The van der Waals surface area contributed by atoms with Crippen LogP contribution in [0.3, 0.4) is 0 Å². The van der Waals surface area contributed by atoms with E-state index in [0.29, 0.717) is 12.5 Å². The van der Waals surface area contributed by atoms with Crippen molar-refractivity contribution in [3.63, 3.8) is 0 Å². The first-order valence-electron chi connectivity index (χ1n) is 5.95. The molecule has 7 heteroatoms. The zero-order chi connectivity index (χ0) is 13.8. The Bertz CT molecular complexity index is 470. The highest BCUT2D eigenvalue weighted by Gasteiger charge is 2.26. The molecule has 0 amide bonds. The molecule has 0 atom stereocenters. The minimum atomic E-state index is -3.51. The molecular weight excluding hydrogens is 252 g/mol. The van der Waals surface area contributed by atoms with Gasteiger partial charge in [-0.3, -0.25) is 0 Å². The summed E-state index contributed by atoms with van der Waals surface area (Å²) in [5.41, 5.74) is 0. The maximum absolute atomic E-state index is 12.4. The van der Waals surface area contributed by atoms with Crippen LogP contribution in [0.5, 0.6) is 0 Å². The summed E-state index contributed by atoms with van der Waals surface area (Å²) >= 11 is 0. The van der Waals surface area contributed by atoms with Crippen LogP contribution in [-0.4, -0.2) is 42.3 Å².